The number of hydrogen-bond donors (Lipinski definition) is 3. The Morgan fingerprint density at radius 2 is 1.87 bits per heavy atom. The number of para-hydroxylation sites is 1. The Morgan fingerprint density at radius 1 is 1.07 bits per heavy atom. The molecule has 2 aromatic carbocycles. The highest BCUT2D eigenvalue weighted by Crippen LogP contribution is 2.31. The number of pyridine rings is 1. The topological polar surface area (TPSA) is 91.7 Å². The zero-order valence-corrected chi connectivity index (χ0v) is 16.9. The van der Waals surface area contributed by atoms with Crippen molar-refractivity contribution in [3.63, 3.8) is 0 Å². The number of H-pyrrole nitrogens is 2. The summed E-state index contributed by atoms with van der Waals surface area (Å²) in [4.78, 5) is 31.2. The van der Waals surface area contributed by atoms with Gasteiger partial charge in [0.25, 0.3) is 5.56 Å². The van der Waals surface area contributed by atoms with Gasteiger partial charge in [0.1, 0.15) is 6.54 Å². The molecule has 2 amide bonds. The van der Waals surface area contributed by atoms with Gasteiger partial charge in [-0.15, -0.1) is 0 Å². The van der Waals surface area contributed by atoms with E-state index in [1.54, 1.807) is 0 Å². The number of urea groups is 1. The molecule has 0 radical (unpaired) electrons. The fourth-order valence-corrected chi connectivity index (χ4v) is 4.88. The van der Waals surface area contributed by atoms with Crippen molar-refractivity contribution in [2.75, 3.05) is 6.54 Å². The van der Waals surface area contributed by atoms with E-state index >= 15 is 0 Å². The molecule has 2 atom stereocenters. The number of carbonyl (C=O) groups is 1. The number of primary amides is 1. The normalized spacial score (nSPS) is 21.4. The van der Waals surface area contributed by atoms with Gasteiger partial charge in [-0.05, 0) is 42.6 Å². The van der Waals surface area contributed by atoms with Crippen LogP contribution in [0.1, 0.15) is 25.3 Å². The first kappa shape index (κ1) is 18.6. The molecule has 1 saturated heterocycles. The monoisotopic (exact) mass is 401 g/mol. The van der Waals surface area contributed by atoms with Crippen LogP contribution in [0, 0.1) is 0 Å². The lowest BCUT2D eigenvalue weighted by Gasteiger charge is -2.34. The Balaban J connectivity index is 1.54. The second-order valence-corrected chi connectivity index (χ2v) is 8.45. The minimum absolute atomic E-state index is 0.121. The number of aromatic amines is 2. The van der Waals surface area contributed by atoms with Crippen LogP contribution in [0.5, 0.6) is 0 Å². The van der Waals surface area contributed by atoms with Crippen LogP contribution < -0.4 is 11.3 Å². The SMILES string of the molecule is C[C@@H]1CCC[N+]1(Cc1ccc2[nH]c(-c3cc4ccccc4[nH]c3=O)cc2c1)C(N)=O. The number of amides is 2. The maximum atomic E-state index is 12.6. The number of likely N-dealkylation sites (tertiary alicyclic amines) is 1. The molecule has 5 rings (SSSR count). The predicted octanol–water partition coefficient (Wildman–Crippen LogP) is 4.25. The molecule has 4 N–H and O–H groups in total. The van der Waals surface area contributed by atoms with E-state index in [-0.39, 0.29) is 17.6 Å². The maximum absolute atomic E-state index is 12.6. The minimum atomic E-state index is -0.252. The Kier molecular flexibility index (Phi) is 4.25. The Hall–Kier alpha value is -3.38. The summed E-state index contributed by atoms with van der Waals surface area (Å²) in [7, 11) is 0. The van der Waals surface area contributed by atoms with Crippen LogP contribution in [-0.4, -0.2) is 33.1 Å². The smallest absolute Gasteiger partial charge is 0.354 e. The lowest BCUT2D eigenvalue weighted by molar-refractivity contribution is -0.872. The molecule has 2 aromatic heterocycles. The van der Waals surface area contributed by atoms with Crippen molar-refractivity contribution in [1.29, 1.82) is 0 Å². The number of fused-ring (bicyclic) bond motifs is 2. The molecule has 6 heteroatoms. The van der Waals surface area contributed by atoms with E-state index in [0.29, 0.717) is 16.6 Å². The molecule has 3 heterocycles. The van der Waals surface area contributed by atoms with E-state index in [1.807, 2.05) is 48.5 Å². The first-order valence-electron chi connectivity index (χ1n) is 10.4. The molecular weight excluding hydrogens is 376 g/mol. The molecule has 152 valence electrons. The Labute approximate surface area is 173 Å². The first-order valence-corrected chi connectivity index (χ1v) is 10.4. The number of quaternary nitrogens is 1. The van der Waals surface area contributed by atoms with Crippen LogP contribution in [0.15, 0.2) is 59.4 Å². The van der Waals surface area contributed by atoms with Gasteiger partial charge in [-0.3, -0.25) is 4.79 Å². The third-order valence-electron chi connectivity index (χ3n) is 6.66. The molecule has 30 heavy (non-hydrogen) atoms. The number of aromatic nitrogens is 2. The molecule has 6 nitrogen and oxygen atoms in total. The van der Waals surface area contributed by atoms with Gasteiger partial charge in [-0.2, -0.15) is 0 Å². The Bertz CT molecular complexity index is 1340. The number of nitrogens with zero attached hydrogens (tertiary/aromatic N) is 1. The summed E-state index contributed by atoms with van der Waals surface area (Å²) in [6.07, 6.45) is 2.04. The minimum Gasteiger partial charge on any atom is -0.354 e. The standard InChI is InChI=1S/C24H24N4O2/c1-15-5-4-10-28(15,24(25)30)14-16-8-9-21-18(11-16)13-22(26-21)19-12-17-6-2-3-7-20(17)27-23(19)29/h2-3,6-9,11-13,15,26H,4-5,10,14H2,1H3,(H2-,25,27,29,30)/p+1/t15-,28?/m1/s1. The van der Waals surface area contributed by atoms with Crippen molar-refractivity contribution < 1.29 is 9.28 Å². The maximum Gasteiger partial charge on any atom is 0.414 e. The summed E-state index contributed by atoms with van der Waals surface area (Å²) in [5.41, 5.74) is 9.95. The van der Waals surface area contributed by atoms with Gasteiger partial charge in [0.05, 0.1) is 23.8 Å². The molecule has 0 saturated carbocycles. The lowest BCUT2D eigenvalue weighted by Crippen LogP contribution is -2.56. The van der Waals surface area contributed by atoms with Crippen molar-refractivity contribution >= 4 is 27.8 Å². The van der Waals surface area contributed by atoms with Crippen LogP contribution >= 0.6 is 0 Å². The van der Waals surface area contributed by atoms with Gasteiger partial charge in [0.15, 0.2) is 0 Å². The third kappa shape index (κ3) is 2.92. The molecule has 0 aliphatic carbocycles. The van der Waals surface area contributed by atoms with E-state index in [4.69, 9.17) is 5.73 Å². The summed E-state index contributed by atoms with van der Waals surface area (Å²) in [6, 6.07) is 17.8. The van der Waals surface area contributed by atoms with Gasteiger partial charge in [0, 0.05) is 34.8 Å². The zero-order chi connectivity index (χ0) is 20.9. The van der Waals surface area contributed by atoms with Gasteiger partial charge < -0.3 is 15.7 Å². The highest BCUT2D eigenvalue weighted by molar-refractivity contribution is 5.89. The molecule has 1 aliphatic rings. The van der Waals surface area contributed by atoms with Crippen LogP contribution in [0.2, 0.25) is 0 Å². The molecular formula is C24H25N4O2+. The molecule has 4 aromatic rings. The van der Waals surface area contributed by atoms with Crippen molar-refractivity contribution in [1.82, 2.24) is 9.97 Å². The van der Waals surface area contributed by atoms with E-state index in [2.05, 4.69) is 23.0 Å². The van der Waals surface area contributed by atoms with Crippen molar-refractivity contribution in [2.45, 2.75) is 32.4 Å². The van der Waals surface area contributed by atoms with Gasteiger partial charge in [0.2, 0.25) is 0 Å². The highest BCUT2D eigenvalue weighted by atomic mass is 16.2. The second-order valence-electron chi connectivity index (χ2n) is 8.45. The second kappa shape index (κ2) is 6.85. The van der Waals surface area contributed by atoms with E-state index in [9.17, 15) is 9.59 Å². The quantitative estimate of drug-likeness (QED) is 0.448. The van der Waals surface area contributed by atoms with Crippen LogP contribution in [-0.2, 0) is 6.54 Å². The van der Waals surface area contributed by atoms with E-state index in [1.165, 1.54) is 0 Å². The van der Waals surface area contributed by atoms with Crippen molar-refractivity contribution in [3.05, 3.63) is 70.5 Å². The van der Waals surface area contributed by atoms with Gasteiger partial charge in [-0.25, -0.2) is 9.28 Å². The summed E-state index contributed by atoms with van der Waals surface area (Å²) in [5, 5.41) is 2.01. The van der Waals surface area contributed by atoms with Crippen molar-refractivity contribution in [3.8, 4) is 11.3 Å². The average Bonchev–Trinajstić information content (AvgIpc) is 3.31. The van der Waals surface area contributed by atoms with Crippen LogP contribution in [0.4, 0.5) is 4.79 Å². The average molecular weight is 401 g/mol. The van der Waals surface area contributed by atoms with E-state index < -0.39 is 0 Å². The number of carbonyl (C=O) groups excluding carboxylic acids is 1. The van der Waals surface area contributed by atoms with Crippen LogP contribution in [0.25, 0.3) is 33.1 Å². The number of hydrogen-bond acceptors (Lipinski definition) is 2. The summed E-state index contributed by atoms with van der Waals surface area (Å²) in [6.45, 7) is 3.50. The molecule has 1 aliphatic heterocycles. The summed E-state index contributed by atoms with van der Waals surface area (Å²) in [5.74, 6) is 0. The van der Waals surface area contributed by atoms with Gasteiger partial charge >= 0.3 is 6.03 Å². The number of rotatable bonds is 3. The van der Waals surface area contributed by atoms with Crippen molar-refractivity contribution in [2.24, 2.45) is 5.73 Å². The van der Waals surface area contributed by atoms with E-state index in [0.717, 1.165) is 52.4 Å². The third-order valence-corrected chi connectivity index (χ3v) is 6.66. The summed E-state index contributed by atoms with van der Waals surface area (Å²) >= 11 is 0. The number of nitrogens with one attached hydrogen (secondary N) is 2. The first-order chi connectivity index (χ1) is 14.5. The fourth-order valence-electron chi connectivity index (χ4n) is 4.88. The number of nitrogens with two attached hydrogens (primary N) is 1. The van der Waals surface area contributed by atoms with Crippen LogP contribution in [0.3, 0.4) is 0 Å². The fraction of sp³-hybridized carbons (Fsp3) is 0.250. The molecule has 1 fully saturated rings. The largest absolute Gasteiger partial charge is 0.414 e. The molecule has 1 unspecified atom stereocenters. The highest BCUT2D eigenvalue weighted by Gasteiger charge is 2.44. The van der Waals surface area contributed by atoms with Gasteiger partial charge in [-0.1, -0.05) is 24.3 Å². The number of benzene rings is 2. The zero-order valence-electron chi connectivity index (χ0n) is 16.9. The molecule has 0 spiro atoms. The predicted molar refractivity (Wildman–Crippen MR) is 119 cm³/mol. The molecule has 0 bridgehead atoms. The summed E-state index contributed by atoms with van der Waals surface area (Å²) < 4.78 is 0.313. The lowest BCUT2D eigenvalue weighted by atomic mass is 10.1. The Morgan fingerprint density at radius 3 is 2.63 bits per heavy atom.